The lowest BCUT2D eigenvalue weighted by Crippen LogP contribution is -2.15. The highest BCUT2D eigenvalue weighted by atomic mass is 16.6. The minimum absolute atomic E-state index is 0.506. The van der Waals surface area contributed by atoms with E-state index in [4.69, 9.17) is 20.5 Å². The third-order valence-corrected chi connectivity index (χ3v) is 2.67. The molecule has 0 radical (unpaired) electrons. The number of allylic oxidation sites excluding steroid dienone is 1. The average molecular weight is 230 g/mol. The molecule has 4 nitrogen and oxygen atoms in total. The van der Waals surface area contributed by atoms with Crippen molar-refractivity contribution in [1.82, 2.24) is 0 Å². The number of nitrogens with zero attached hydrogens (tertiary/aromatic N) is 1. The van der Waals surface area contributed by atoms with Gasteiger partial charge >= 0.3 is 0 Å². The number of hydrogen-bond acceptors (Lipinski definition) is 4. The topological polar surface area (TPSA) is 68.3 Å². The molecule has 1 aromatic rings. The number of nitrogens with two attached hydrogens (primary N) is 1. The fourth-order valence-corrected chi connectivity index (χ4v) is 1.71. The fourth-order valence-electron chi connectivity index (χ4n) is 1.71. The van der Waals surface area contributed by atoms with Crippen molar-refractivity contribution in [3.63, 3.8) is 0 Å². The van der Waals surface area contributed by atoms with E-state index in [1.165, 1.54) is 0 Å². The lowest BCUT2D eigenvalue weighted by Gasteiger charge is -2.19. The first-order chi connectivity index (χ1) is 8.26. The molecule has 0 aromatic heterocycles. The molecule has 2 rings (SSSR count). The van der Waals surface area contributed by atoms with Crippen molar-refractivity contribution in [2.75, 3.05) is 13.2 Å². The van der Waals surface area contributed by atoms with Crippen molar-refractivity contribution >= 4 is 5.70 Å². The Hall–Kier alpha value is -2.15. The molecule has 4 heteroatoms. The molecule has 0 unspecified atom stereocenters. The van der Waals surface area contributed by atoms with Crippen LogP contribution in [0.5, 0.6) is 11.5 Å². The molecule has 0 atom stereocenters. The van der Waals surface area contributed by atoms with Gasteiger partial charge in [-0.2, -0.15) is 5.26 Å². The maximum absolute atomic E-state index is 8.95. The minimum Gasteiger partial charge on any atom is -0.486 e. The Morgan fingerprint density at radius 3 is 2.71 bits per heavy atom. The number of hydrogen-bond donors (Lipinski definition) is 1. The van der Waals surface area contributed by atoms with Crippen LogP contribution in [0.1, 0.15) is 18.9 Å². The van der Waals surface area contributed by atoms with Crippen LogP contribution in [0.2, 0.25) is 0 Å². The van der Waals surface area contributed by atoms with Crippen molar-refractivity contribution in [2.24, 2.45) is 5.73 Å². The fraction of sp³-hybridized carbons (Fsp3) is 0.308. The summed E-state index contributed by atoms with van der Waals surface area (Å²) in [6.07, 6.45) is 0.622. The Morgan fingerprint density at radius 1 is 1.35 bits per heavy atom. The van der Waals surface area contributed by atoms with E-state index in [2.05, 4.69) is 6.07 Å². The first-order valence-corrected chi connectivity index (χ1v) is 5.55. The van der Waals surface area contributed by atoms with Crippen molar-refractivity contribution in [3.8, 4) is 17.6 Å². The van der Waals surface area contributed by atoms with Gasteiger partial charge in [0.1, 0.15) is 13.2 Å². The molecule has 0 saturated carbocycles. The van der Waals surface area contributed by atoms with Crippen LogP contribution >= 0.6 is 0 Å². The Morgan fingerprint density at radius 2 is 2.06 bits per heavy atom. The van der Waals surface area contributed by atoms with Gasteiger partial charge in [-0.25, -0.2) is 0 Å². The molecule has 0 aliphatic carbocycles. The third kappa shape index (κ3) is 2.18. The average Bonchev–Trinajstić information content (AvgIpc) is 2.39. The SMILES string of the molecule is CC/C(C#N)=C(/N)c1ccc2c(c1)OCCO2. The van der Waals surface area contributed by atoms with Crippen LogP contribution in [0.25, 0.3) is 5.70 Å². The molecule has 0 bridgehead atoms. The lowest BCUT2D eigenvalue weighted by atomic mass is 10.1. The van der Waals surface area contributed by atoms with Gasteiger partial charge in [-0.3, -0.25) is 0 Å². The van der Waals surface area contributed by atoms with E-state index in [9.17, 15) is 0 Å². The van der Waals surface area contributed by atoms with E-state index < -0.39 is 0 Å². The van der Waals surface area contributed by atoms with Gasteiger partial charge in [-0.05, 0) is 24.6 Å². The van der Waals surface area contributed by atoms with Crippen LogP contribution in [-0.4, -0.2) is 13.2 Å². The van der Waals surface area contributed by atoms with Gasteiger partial charge in [0.25, 0.3) is 0 Å². The predicted molar refractivity (Wildman–Crippen MR) is 64.4 cm³/mol. The second-order valence-electron chi connectivity index (χ2n) is 3.72. The van der Waals surface area contributed by atoms with E-state index in [-0.39, 0.29) is 0 Å². The molecule has 17 heavy (non-hydrogen) atoms. The van der Waals surface area contributed by atoms with Crippen molar-refractivity contribution < 1.29 is 9.47 Å². The summed E-state index contributed by atoms with van der Waals surface area (Å²) < 4.78 is 10.9. The second kappa shape index (κ2) is 4.79. The zero-order chi connectivity index (χ0) is 12.3. The number of ether oxygens (including phenoxy) is 2. The maximum Gasteiger partial charge on any atom is 0.162 e. The van der Waals surface area contributed by atoms with Gasteiger partial charge in [0.2, 0.25) is 0 Å². The van der Waals surface area contributed by atoms with Gasteiger partial charge in [-0.1, -0.05) is 6.92 Å². The second-order valence-corrected chi connectivity index (χ2v) is 3.72. The Balaban J connectivity index is 2.41. The molecule has 0 fully saturated rings. The van der Waals surface area contributed by atoms with Gasteiger partial charge in [0, 0.05) is 5.56 Å². The largest absolute Gasteiger partial charge is 0.486 e. The first kappa shape index (κ1) is 11.3. The molecular weight excluding hydrogens is 216 g/mol. The van der Waals surface area contributed by atoms with Crippen LogP contribution in [0.15, 0.2) is 23.8 Å². The molecule has 1 aliphatic rings. The normalized spacial score (nSPS) is 14.8. The summed E-state index contributed by atoms with van der Waals surface area (Å²) in [5.74, 6) is 1.41. The van der Waals surface area contributed by atoms with E-state index >= 15 is 0 Å². The molecule has 2 N–H and O–H groups in total. The van der Waals surface area contributed by atoms with Crippen LogP contribution < -0.4 is 15.2 Å². The van der Waals surface area contributed by atoms with E-state index in [1.54, 1.807) is 0 Å². The highest BCUT2D eigenvalue weighted by Crippen LogP contribution is 2.32. The van der Waals surface area contributed by atoms with Crippen LogP contribution in [0, 0.1) is 11.3 Å². The smallest absolute Gasteiger partial charge is 0.162 e. The van der Waals surface area contributed by atoms with Crippen LogP contribution in [-0.2, 0) is 0 Å². The maximum atomic E-state index is 8.95. The number of benzene rings is 1. The highest BCUT2D eigenvalue weighted by molar-refractivity contribution is 5.71. The quantitative estimate of drug-likeness (QED) is 0.789. The van der Waals surface area contributed by atoms with Crippen molar-refractivity contribution in [1.29, 1.82) is 5.26 Å². The summed E-state index contributed by atoms with van der Waals surface area (Å²) in [5, 5.41) is 8.95. The summed E-state index contributed by atoms with van der Waals surface area (Å²) in [5.41, 5.74) is 7.84. The summed E-state index contributed by atoms with van der Waals surface area (Å²) in [4.78, 5) is 0. The molecule has 1 heterocycles. The number of rotatable bonds is 2. The molecule has 1 aliphatic heterocycles. The minimum atomic E-state index is 0.506. The van der Waals surface area contributed by atoms with Gasteiger partial charge in [-0.15, -0.1) is 0 Å². The van der Waals surface area contributed by atoms with Gasteiger partial charge in [0.05, 0.1) is 17.3 Å². The Kier molecular flexibility index (Phi) is 3.20. The van der Waals surface area contributed by atoms with E-state index in [0.29, 0.717) is 36.7 Å². The third-order valence-electron chi connectivity index (χ3n) is 2.67. The summed E-state index contributed by atoms with van der Waals surface area (Å²) in [6, 6.07) is 7.59. The van der Waals surface area contributed by atoms with Gasteiger partial charge in [0.15, 0.2) is 11.5 Å². The first-order valence-electron chi connectivity index (χ1n) is 5.55. The van der Waals surface area contributed by atoms with Crippen molar-refractivity contribution in [2.45, 2.75) is 13.3 Å². The molecule has 1 aromatic carbocycles. The lowest BCUT2D eigenvalue weighted by molar-refractivity contribution is 0.171. The molecule has 0 amide bonds. The zero-order valence-corrected chi connectivity index (χ0v) is 9.69. The van der Waals surface area contributed by atoms with Gasteiger partial charge < -0.3 is 15.2 Å². The number of nitriles is 1. The Bertz CT molecular complexity index is 501. The monoisotopic (exact) mass is 230 g/mol. The zero-order valence-electron chi connectivity index (χ0n) is 9.69. The van der Waals surface area contributed by atoms with Crippen LogP contribution in [0.3, 0.4) is 0 Å². The summed E-state index contributed by atoms with van der Waals surface area (Å²) >= 11 is 0. The summed E-state index contributed by atoms with van der Waals surface area (Å²) in [7, 11) is 0. The molecule has 0 saturated heterocycles. The standard InChI is InChI=1S/C13H14N2O2/c1-2-9(8-14)13(15)10-3-4-11-12(7-10)17-6-5-16-11/h3-4,7H,2,5-6,15H2,1H3/b13-9-. The number of fused-ring (bicyclic) bond motifs is 1. The van der Waals surface area contributed by atoms with E-state index in [0.717, 1.165) is 11.3 Å². The Labute approximate surface area is 100 Å². The van der Waals surface area contributed by atoms with Crippen LogP contribution in [0.4, 0.5) is 0 Å². The van der Waals surface area contributed by atoms with E-state index in [1.807, 2.05) is 25.1 Å². The molecular formula is C13H14N2O2. The summed E-state index contributed by atoms with van der Waals surface area (Å²) in [6.45, 7) is 3.01. The molecule has 0 spiro atoms. The van der Waals surface area contributed by atoms with Crippen molar-refractivity contribution in [3.05, 3.63) is 29.3 Å². The molecule has 88 valence electrons. The highest BCUT2D eigenvalue weighted by Gasteiger charge is 2.13. The predicted octanol–water partition coefficient (Wildman–Crippen LogP) is 2.06.